The van der Waals surface area contributed by atoms with Gasteiger partial charge in [-0.3, -0.25) is 4.79 Å². The number of rotatable bonds is 4. The summed E-state index contributed by atoms with van der Waals surface area (Å²) in [4.78, 5) is 27.5. The Morgan fingerprint density at radius 2 is 1.92 bits per heavy atom. The van der Waals surface area contributed by atoms with Crippen LogP contribution in [0.3, 0.4) is 0 Å². The van der Waals surface area contributed by atoms with Gasteiger partial charge in [-0.25, -0.2) is 9.78 Å². The lowest BCUT2D eigenvalue weighted by atomic mass is 9.90. The first-order valence-electron chi connectivity index (χ1n) is 7.87. The van der Waals surface area contributed by atoms with Crippen LogP contribution in [0, 0.1) is 0 Å². The molecule has 0 spiro atoms. The minimum atomic E-state index is -4.75. The van der Waals surface area contributed by atoms with E-state index in [0.717, 1.165) is 4.57 Å². The lowest BCUT2D eigenvalue weighted by molar-refractivity contribution is -0.153. The SMILES string of the molecule is O=C(Cn1c(C(F)(F)F)nc2ccccc21)NC1(C(=O)O)CCOCC1. The first-order valence-corrected chi connectivity index (χ1v) is 7.87. The van der Waals surface area contributed by atoms with Crippen LogP contribution in [0.25, 0.3) is 11.0 Å². The Hall–Kier alpha value is -2.62. The van der Waals surface area contributed by atoms with Crippen molar-refractivity contribution in [3.8, 4) is 0 Å². The number of hydrogen-bond donors (Lipinski definition) is 2. The number of halogens is 3. The van der Waals surface area contributed by atoms with E-state index < -0.39 is 36.0 Å². The highest BCUT2D eigenvalue weighted by molar-refractivity contribution is 5.88. The summed E-state index contributed by atoms with van der Waals surface area (Å²) < 4.78 is 45.7. The van der Waals surface area contributed by atoms with Gasteiger partial charge in [0.1, 0.15) is 12.1 Å². The predicted molar refractivity (Wildman–Crippen MR) is 83.3 cm³/mol. The lowest BCUT2D eigenvalue weighted by Crippen LogP contribution is -2.58. The Kier molecular flexibility index (Phi) is 4.61. The van der Waals surface area contributed by atoms with Gasteiger partial charge in [-0.2, -0.15) is 13.2 Å². The molecule has 0 atom stereocenters. The molecule has 0 unspecified atom stereocenters. The van der Waals surface area contributed by atoms with E-state index in [4.69, 9.17) is 4.74 Å². The molecule has 3 rings (SSSR count). The number of carbonyl (C=O) groups is 2. The number of nitrogens with zero attached hydrogens (tertiary/aromatic N) is 2. The van der Waals surface area contributed by atoms with Gasteiger partial charge in [-0.15, -0.1) is 0 Å². The van der Waals surface area contributed by atoms with Crippen molar-refractivity contribution in [2.45, 2.75) is 31.1 Å². The Labute approximate surface area is 145 Å². The Morgan fingerprint density at radius 3 is 2.54 bits per heavy atom. The van der Waals surface area contributed by atoms with Gasteiger partial charge < -0.3 is 19.7 Å². The number of carboxylic acids is 1. The van der Waals surface area contributed by atoms with E-state index in [1.807, 2.05) is 0 Å². The quantitative estimate of drug-likeness (QED) is 0.855. The van der Waals surface area contributed by atoms with Crippen LogP contribution < -0.4 is 5.32 Å². The highest BCUT2D eigenvalue weighted by atomic mass is 19.4. The molecule has 0 aliphatic carbocycles. The fraction of sp³-hybridized carbons (Fsp3) is 0.438. The average molecular weight is 371 g/mol. The number of ether oxygens (including phenoxy) is 1. The van der Waals surface area contributed by atoms with Gasteiger partial charge in [-0.05, 0) is 12.1 Å². The van der Waals surface area contributed by atoms with Crippen molar-refractivity contribution in [2.24, 2.45) is 0 Å². The van der Waals surface area contributed by atoms with Crippen LogP contribution in [0.5, 0.6) is 0 Å². The van der Waals surface area contributed by atoms with Crippen molar-refractivity contribution in [1.29, 1.82) is 0 Å². The molecule has 0 saturated carbocycles. The number of fused-ring (bicyclic) bond motifs is 1. The highest BCUT2D eigenvalue weighted by Crippen LogP contribution is 2.31. The number of alkyl halides is 3. The number of para-hydroxylation sites is 2. The third-order valence-corrected chi connectivity index (χ3v) is 4.34. The minimum absolute atomic E-state index is 0.0465. The van der Waals surface area contributed by atoms with Crippen molar-refractivity contribution < 1.29 is 32.6 Å². The normalized spacial score (nSPS) is 17.2. The van der Waals surface area contributed by atoms with Gasteiger partial charge in [-0.1, -0.05) is 12.1 Å². The second kappa shape index (κ2) is 6.60. The molecule has 0 bridgehead atoms. The van der Waals surface area contributed by atoms with E-state index >= 15 is 0 Å². The summed E-state index contributed by atoms with van der Waals surface area (Å²) in [7, 11) is 0. The molecular formula is C16H16F3N3O4. The van der Waals surface area contributed by atoms with Gasteiger partial charge in [0.05, 0.1) is 11.0 Å². The summed E-state index contributed by atoms with van der Waals surface area (Å²) >= 11 is 0. The molecule has 1 aromatic carbocycles. The topological polar surface area (TPSA) is 93.5 Å². The molecule has 1 aromatic heterocycles. The first-order chi connectivity index (χ1) is 12.2. The maximum atomic E-state index is 13.3. The van der Waals surface area contributed by atoms with Crippen LogP contribution in [0.2, 0.25) is 0 Å². The van der Waals surface area contributed by atoms with E-state index in [9.17, 15) is 27.9 Å². The van der Waals surface area contributed by atoms with Crippen LogP contribution in [0.4, 0.5) is 13.2 Å². The maximum Gasteiger partial charge on any atom is 0.449 e. The van der Waals surface area contributed by atoms with Gasteiger partial charge >= 0.3 is 12.1 Å². The fourth-order valence-electron chi connectivity index (χ4n) is 3.01. The standard InChI is InChI=1S/C16H16F3N3O4/c17-16(18,19)13-20-10-3-1-2-4-11(10)22(13)9-12(23)21-15(14(24)25)5-7-26-8-6-15/h1-4H,5-9H2,(H,21,23)(H,24,25). The van der Waals surface area contributed by atoms with Crippen molar-refractivity contribution in [3.05, 3.63) is 30.1 Å². The van der Waals surface area contributed by atoms with Crippen molar-refractivity contribution in [1.82, 2.24) is 14.9 Å². The fourth-order valence-corrected chi connectivity index (χ4v) is 3.01. The Balaban J connectivity index is 1.90. The third-order valence-electron chi connectivity index (χ3n) is 4.34. The molecule has 26 heavy (non-hydrogen) atoms. The first kappa shape index (κ1) is 18.2. The van der Waals surface area contributed by atoms with Crippen LogP contribution in [0.15, 0.2) is 24.3 Å². The van der Waals surface area contributed by atoms with E-state index in [1.54, 1.807) is 6.07 Å². The molecule has 1 aliphatic heterocycles. The second-order valence-electron chi connectivity index (χ2n) is 6.06. The van der Waals surface area contributed by atoms with Gasteiger partial charge in [0, 0.05) is 26.1 Å². The number of benzene rings is 1. The second-order valence-corrected chi connectivity index (χ2v) is 6.06. The van der Waals surface area contributed by atoms with Crippen LogP contribution in [0.1, 0.15) is 18.7 Å². The predicted octanol–water partition coefficient (Wildman–Crippen LogP) is 1.81. The largest absolute Gasteiger partial charge is 0.480 e. The summed E-state index contributed by atoms with van der Waals surface area (Å²) in [5, 5.41) is 11.8. The van der Waals surface area contributed by atoms with E-state index in [-0.39, 0.29) is 37.1 Å². The summed E-state index contributed by atoms with van der Waals surface area (Å²) in [6.07, 6.45) is -4.65. The van der Waals surface area contributed by atoms with Crippen LogP contribution in [-0.4, -0.2) is 45.3 Å². The summed E-state index contributed by atoms with van der Waals surface area (Å²) in [5.41, 5.74) is -1.29. The number of nitrogens with one attached hydrogen (secondary N) is 1. The molecule has 10 heteroatoms. The summed E-state index contributed by atoms with van der Waals surface area (Å²) in [5.74, 6) is -3.27. The Bertz CT molecular complexity index is 841. The van der Waals surface area contributed by atoms with Gasteiger partial charge in [0.15, 0.2) is 0 Å². The monoisotopic (exact) mass is 371 g/mol. The molecular weight excluding hydrogens is 355 g/mol. The zero-order chi connectivity index (χ0) is 18.9. The van der Waals surface area contributed by atoms with E-state index in [2.05, 4.69) is 10.3 Å². The molecule has 2 heterocycles. The van der Waals surface area contributed by atoms with Crippen LogP contribution >= 0.6 is 0 Å². The van der Waals surface area contributed by atoms with Gasteiger partial charge in [0.2, 0.25) is 11.7 Å². The van der Waals surface area contributed by atoms with E-state index in [1.165, 1.54) is 18.2 Å². The zero-order valence-electron chi connectivity index (χ0n) is 13.5. The number of aliphatic carboxylic acids is 1. The summed E-state index contributed by atoms with van der Waals surface area (Å²) in [6.45, 7) is -0.395. The van der Waals surface area contributed by atoms with Gasteiger partial charge in [0.25, 0.3) is 0 Å². The van der Waals surface area contributed by atoms with Crippen LogP contribution in [-0.2, 0) is 27.0 Å². The lowest BCUT2D eigenvalue weighted by Gasteiger charge is -2.34. The van der Waals surface area contributed by atoms with Crippen molar-refractivity contribution >= 4 is 22.9 Å². The highest BCUT2D eigenvalue weighted by Gasteiger charge is 2.42. The molecule has 1 fully saturated rings. The molecule has 0 radical (unpaired) electrons. The number of aromatic nitrogens is 2. The van der Waals surface area contributed by atoms with Crippen molar-refractivity contribution in [2.75, 3.05) is 13.2 Å². The third kappa shape index (κ3) is 3.36. The number of carboxylic acid groups (broad SMARTS) is 1. The minimum Gasteiger partial charge on any atom is -0.480 e. The molecule has 2 aromatic rings. The summed E-state index contributed by atoms with van der Waals surface area (Å²) in [6, 6.07) is 5.92. The number of hydrogen-bond acceptors (Lipinski definition) is 4. The number of carbonyl (C=O) groups excluding carboxylic acids is 1. The molecule has 1 aliphatic rings. The molecule has 1 saturated heterocycles. The number of imidazole rings is 1. The average Bonchev–Trinajstić information content (AvgIpc) is 2.94. The molecule has 1 amide bonds. The molecule has 2 N–H and O–H groups in total. The number of amides is 1. The molecule has 7 nitrogen and oxygen atoms in total. The molecule has 140 valence electrons. The Morgan fingerprint density at radius 1 is 1.27 bits per heavy atom. The maximum absolute atomic E-state index is 13.3. The zero-order valence-corrected chi connectivity index (χ0v) is 13.5. The smallest absolute Gasteiger partial charge is 0.449 e. The van der Waals surface area contributed by atoms with E-state index in [0.29, 0.717) is 0 Å². The van der Waals surface area contributed by atoms with Crippen molar-refractivity contribution in [3.63, 3.8) is 0 Å².